The average Bonchev–Trinajstić information content (AvgIpc) is 0.665. The number of aldehydes is 1. The van der Waals surface area contributed by atoms with Crippen LogP contribution in [0.5, 0.6) is 0 Å². The number of ether oxygens (including phenoxy) is 12. The Hall–Kier alpha value is -2.57. The van der Waals surface area contributed by atoms with Gasteiger partial charge in [0, 0.05) is 22.2 Å². The summed E-state index contributed by atoms with van der Waals surface area (Å²) >= 11 is 2.42. The predicted octanol–water partition coefficient (Wildman–Crippen LogP) is -1.70. The normalized spacial score (nSPS) is 49.5. The summed E-state index contributed by atoms with van der Waals surface area (Å²) in [5.74, 6) is -3.68. The molecule has 35 nitrogen and oxygen atoms in total. The molecule has 23 unspecified atom stereocenters. The Balaban J connectivity index is 0.853. The molecule has 5 aliphatic carbocycles. The van der Waals surface area contributed by atoms with Crippen LogP contribution in [0.15, 0.2) is 11.6 Å². The van der Waals surface area contributed by atoms with Crippen LogP contribution < -0.4 is 5.32 Å². The van der Waals surface area contributed by atoms with E-state index < -0.39 is 270 Å². The summed E-state index contributed by atoms with van der Waals surface area (Å²) in [5.41, 5.74) is -5.50. The lowest BCUT2D eigenvalue weighted by Crippen LogP contribution is -2.72. The van der Waals surface area contributed by atoms with Gasteiger partial charge < -0.3 is 159 Å². The number of carboxylic acid groups (broad SMARTS) is 2. The van der Waals surface area contributed by atoms with Gasteiger partial charge in [0.1, 0.15) is 122 Å². The lowest BCUT2D eigenvalue weighted by Gasteiger charge is -2.73. The van der Waals surface area contributed by atoms with Gasteiger partial charge in [-0.15, -0.1) is 0 Å². The molecule has 38 atom stereocenters. The molecule has 6 saturated heterocycles. The van der Waals surface area contributed by atoms with Crippen LogP contribution in [0.1, 0.15) is 170 Å². The molecule has 11 aliphatic rings. The van der Waals surface area contributed by atoms with Crippen molar-refractivity contribution >= 4 is 46.7 Å². The number of carbonyl (C=O) groups is 4. The lowest BCUT2D eigenvalue weighted by molar-refractivity contribution is -0.391. The number of aliphatic hydroxyl groups excluding tert-OH is 15. The molecule has 0 aromatic heterocycles. The number of alkyl halides is 1. The molecule has 0 bridgehead atoms. The van der Waals surface area contributed by atoms with Gasteiger partial charge in [-0.2, -0.15) is 0 Å². The van der Waals surface area contributed by atoms with Crippen molar-refractivity contribution in [2.45, 2.75) is 358 Å². The highest BCUT2D eigenvalue weighted by Crippen LogP contribution is 2.77. The summed E-state index contributed by atoms with van der Waals surface area (Å²) in [7, 11) is 0. The monoisotopic (exact) mass is 1720 g/mol. The van der Waals surface area contributed by atoms with Crippen molar-refractivity contribution in [3.05, 3.63) is 11.6 Å². The van der Waals surface area contributed by atoms with Gasteiger partial charge in [-0.1, -0.05) is 114 Å². The van der Waals surface area contributed by atoms with E-state index in [0.717, 1.165) is 44.0 Å². The van der Waals surface area contributed by atoms with Crippen molar-refractivity contribution in [1.29, 1.82) is 0 Å². The number of aliphatic carboxylic acids is 2. The third-order valence-electron chi connectivity index (χ3n) is 27.8. The first-order valence-corrected chi connectivity index (χ1v) is 41.0. The van der Waals surface area contributed by atoms with Gasteiger partial charge in [-0.25, -0.2) is 4.79 Å². The SMILES string of the molecule is CC1O[C@@H](OC2C(O)[C@@H](NC(=O)CCCCCCCCCCC(=O)O)C(CO)O[C@H]2OC[C@@]23CCC(C)(C)C[C@]2(O)CC2(C)C(=CCC4C5(C)CC[C@H](O[C@@H]6OC(C(=O)O)[C@@H](O)C(O[C@@H]7OC[C@@H](O)C(O)C7O)C6O[C@@H]6OC(CO)[C@H](O)C(O)C6O)C(C)(C=O)C5CCC42C)C3I)C(O)C(O)[C@H]1O[C@@H]1OC[C@@H](O)C(O)C1O. The van der Waals surface area contributed by atoms with E-state index >= 15 is 0 Å². The maximum absolute atomic E-state index is 14.4. The van der Waals surface area contributed by atoms with Crippen LogP contribution in [0, 0.1) is 44.3 Å². The fourth-order valence-electron chi connectivity index (χ4n) is 21.1. The van der Waals surface area contributed by atoms with E-state index in [1.807, 2.05) is 0 Å². The van der Waals surface area contributed by atoms with Crippen LogP contribution in [0.4, 0.5) is 0 Å². The molecule has 6 heterocycles. The number of aliphatic hydroxyl groups is 16. The third-order valence-corrected chi connectivity index (χ3v) is 29.6. The molecule has 0 radical (unpaired) electrons. The van der Waals surface area contributed by atoms with Crippen molar-refractivity contribution < 1.29 is 168 Å². The van der Waals surface area contributed by atoms with E-state index in [1.165, 1.54) is 6.92 Å². The highest BCUT2D eigenvalue weighted by atomic mass is 127. The van der Waals surface area contributed by atoms with E-state index in [1.54, 1.807) is 6.92 Å². The smallest absolute Gasteiger partial charge is 0.335 e. The maximum atomic E-state index is 14.4. The minimum Gasteiger partial charge on any atom is -0.481 e. The second-order valence-corrected chi connectivity index (χ2v) is 36.6. The number of hydrogen-bond acceptors (Lipinski definition) is 32. The van der Waals surface area contributed by atoms with Crippen LogP contribution in [-0.4, -0.2) is 337 Å². The number of carboxylic acids is 2. The van der Waals surface area contributed by atoms with Gasteiger partial charge in [0.05, 0.1) is 62.3 Å². The quantitative estimate of drug-likeness (QED) is 0.00991. The summed E-state index contributed by atoms with van der Waals surface area (Å²) in [6.45, 7) is 11.1. The molecule has 11 rings (SSSR count). The Bertz CT molecular complexity index is 3220. The average molecular weight is 1720 g/mol. The van der Waals surface area contributed by atoms with Gasteiger partial charge in [-0.05, 0) is 111 Å². The van der Waals surface area contributed by atoms with Crippen LogP contribution in [0.3, 0.4) is 0 Å². The molecule has 112 heavy (non-hydrogen) atoms. The molecule has 36 heteroatoms. The van der Waals surface area contributed by atoms with Crippen LogP contribution in [-0.2, 0) is 76.0 Å². The molecule has 0 spiro atoms. The van der Waals surface area contributed by atoms with E-state index in [0.29, 0.717) is 64.2 Å². The zero-order chi connectivity index (χ0) is 81.9. The summed E-state index contributed by atoms with van der Waals surface area (Å²) < 4.78 is 73.6. The number of unbranched alkanes of at least 4 members (excludes halogenated alkanes) is 7. The fourth-order valence-corrected chi connectivity index (χ4v) is 23.1. The third kappa shape index (κ3) is 17.3. The minimum atomic E-state index is -2.22. The standard InChI is InChI=1S/C76H122INO34/c1-34-57(108-64-52(93)46(87)36(82)28-101-64)51(92)55(96)66(104-34)111-60-49(90)45(78-43(84)16-14-12-10-8-9-11-13-15-17-44(85)86)38(26-79)105-68(60)103-33-75-25-24-70(2,3)30-76(75,100)31-74(7)35(62(75)77)18-19-41-71(4)22-21-42(72(5,32-81)40(71)20-23-73(41,74)6)107-69-61(112-67-54(95)50(91)48(89)39(27-80)106-67)58(56(97)59(110-69)63(98)99)109-65-53(94)47(88)37(83)29-102-65/h18,32,34,36-42,45-62,64-69,79-80,82-83,87-97,100H,8-17,19-31,33H2,1-7H3,(H,78,84)(H,85,86)(H,98,99)/t34?,36-,37-,38?,39?,40?,41?,42+,45+,46?,47?,48+,49?,50?,51?,52?,53?,54?,55?,56+,57+,58?,59?,60?,61?,62?,64+,65+,66+,67+,68-,69-,71?,72?,73?,74?,75-,76+/m1/s1. The number of nitrogens with one attached hydrogen (secondary N) is 1. The van der Waals surface area contributed by atoms with Gasteiger partial charge >= 0.3 is 11.9 Å². The molecule has 6 aliphatic heterocycles. The van der Waals surface area contributed by atoms with Crippen molar-refractivity contribution in [3.63, 3.8) is 0 Å². The molecule has 1 amide bonds. The van der Waals surface area contributed by atoms with Crippen LogP contribution in [0.25, 0.3) is 0 Å². The summed E-state index contributed by atoms with van der Waals surface area (Å²) in [6.07, 6.45) is -36.3. The number of hydrogen-bond donors (Lipinski definition) is 19. The number of carbonyl (C=O) groups excluding carboxylic acids is 2. The van der Waals surface area contributed by atoms with Crippen molar-refractivity contribution in [3.8, 4) is 0 Å². The van der Waals surface area contributed by atoms with E-state index in [-0.39, 0.29) is 38.2 Å². The van der Waals surface area contributed by atoms with E-state index in [4.69, 9.17) is 61.9 Å². The summed E-state index contributed by atoms with van der Waals surface area (Å²) in [6, 6.07) is -1.35. The van der Waals surface area contributed by atoms with E-state index in [2.05, 4.69) is 68.6 Å². The Morgan fingerprint density at radius 3 is 1.71 bits per heavy atom. The lowest BCUT2D eigenvalue weighted by atomic mass is 9.33. The largest absolute Gasteiger partial charge is 0.481 e. The first-order valence-electron chi connectivity index (χ1n) is 39.8. The molecule has 19 N–H and O–H groups in total. The zero-order valence-electron chi connectivity index (χ0n) is 64.6. The molecular weight excluding hydrogens is 1600 g/mol. The zero-order valence-corrected chi connectivity index (χ0v) is 66.7. The summed E-state index contributed by atoms with van der Waals surface area (Å²) in [4.78, 5) is 52.2. The maximum Gasteiger partial charge on any atom is 0.335 e. The number of amides is 1. The number of halogens is 1. The van der Waals surface area contributed by atoms with Crippen LogP contribution in [0.2, 0.25) is 0 Å². The van der Waals surface area contributed by atoms with Crippen molar-refractivity contribution in [2.75, 3.05) is 33.0 Å². The molecule has 0 aromatic carbocycles. The van der Waals surface area contributed by atoms with Gasteiger partial charge in [0.15, 0.2) is 43.8 Å². The first-order chi connectivity index (χ1) is 52.7. The molecule has 4 saturated carbocycles. The van der Waals surface area contributed by atoms with Crippen molar-refractivity contribution in [2.24, 2.45) is 44.3 Å². The van der Waals surface area contributed by atoms with Gasteiger partial charge in [0.2, 0.25) is 5.91 Å². The minimum absolute atomic E-state index is 0.0391. The first kappa shape index (κ1) is 90.2. The predicted molar refractivity (Wildman–Crippen MR) is 390 cm³/mol. The Morgan fingerprint density at radius 1 is 0.554 bits per heavy atom. The highest BCUT2D eigenvalue weighted by Gasteiger charge is 2.74. The number of allylic oxidation sites excluding steroid dienone is 2. The number of fused-ring (bicyclic) bond motifs is 6. The Kier molecular flexibility index (Phi) is 29.0. The highest BCUT2D eigenvalue weighted by molar-refractivity contribution is 14.1. The van der Waals surface area contributed by atoms with E-state index in [9.17, 15) is 106 Å². The Labute approximate surface area is 663 Å². The van der Waals surface area contributed by atoms with Gasteiger partial charge in [0.25, 0.3) is 0 Å². The van der Waals surface area contributed by atoms with Gasteiger partial charge in [-0.3, -0.25) is 9.59 Å². The summed E-state index contributed by atoms with van der Waals surface area (Å²) in [5, 5.41) is 202. The molecular formula is C76H122INO34. The molecule has 10 fully saturated rings. The molecule has 0 aromatic rings. The second-order valence-electron chi connectivity index (χ2n) is 35.4. The van der Waals surface area contributed by atoms with Crippen LogP contribution >= 0.6 is 22.6 Å². The Morgan fingerprint density at radius 2 is 1.11 bits per heavy atom. The fraction of sp³-hybridized carbons (Fsp3) is 0.921. The van der Waals surface area contributed by atoms with Crippen molar-refractivity contribution in [1.82, 2.24) is 5.32 Å². The second kappa shape index (κ2) is 36.0. The number of rotatable bonds is 29. The molecule has 642 valence electrons. The topological polar surface area (TPSA) is 555 Å².